The minimum absolute atomic E-state index is 0.147. The predicted octanol–water partition coefficient (Wildman–Crippen LogP) is 5.82. The molecule has 3 aliphatic heterocycles. The highest BCUT2D eigenvalue weighted by atomic mass is 35.5. The summed E-state index contributed by atoms with van der Waals surface area (Å²) in [5.41, 5.74) is -0.136. The molecule has 1 saturated heterocycles. The summed E-state index contributed by atoms with van der Waals surface area (Å²) >= 11 is 6.10. The molecule has 0 bridgehead atoms. The minimum atomic E-state index is -4.53. The standard InChI is InChI=1S/C27H21ClF4N4O2/c1-13-18(29)11-26(2)22-20(13)33-19(37)12-35(22)25(38)36-23(26)21(14-5-9-17(28)10-6-14)34-24(36)15-3-7-16(8-4-15)27(30,31)32/h3-11,13,21,23H,12H2,1-2H3,(H,33,37). The van der Waals surface area contributed by atoms with Crippen molar-refractivity contribution in [3.8, 4) is 0 Å². The lowest BCUT2D eigenvalue weighted by molar-refractivity contribution is -0.137. The molecule has 6 rings (SSSR count). The van der Waals surface area contributed by atoms with Crippen LogP contribution in [0.2, 0.25) is 5.02 Å². The van der Waals surface area contributed by atoms with E-state index in [9.17, 15) is 22.8 Å². The number of amides is 3. The van der Waals surface area contributed by atoms with E-state index in [1.165, 1.54) is 28.0 Å². The molecule has 1 N–H and O–H groups in total. The number of hydrogen-bond acceptors (Lipinski definition) is 3. The summed E-state index contributed by atoms with van der Waals surface area (Å²) in [6.45, 7) is 3.13. The van der Waals surface area contributed by atoms with Gasteiger partial charge in [0.05, 0.1) is 28.8 Å². The van der Waals surface area contributed by atoms with Crippen LogP contribution < -0.4 is 5.32 Å². The molecule has 0 aromatic heterocycles. The number of rotatable bonds is 2. The lowest BCUT2D eigenvalue weighted by Crippen LogP contribution is -2.66. The summed E-state index contributed by atoms with van der Waals surface area (Å²) in [6, 6.07) is 9.25. The first-order chi connectivity index (χ1) is 17.9. The SMILES string of the molecule is CC1C(F)=CC2(C)C3=C1NC(=O)CN3C(=O)N1C(c3ccc(C(F)(F)F)cc3)=NC(c3ccc(Cl)cc3)C12. The largest absolute Gasteiger partial charge is 0.416 e. The molecule has 1 aliphatic carbocycles. The Labute approximate surface area is 220 Å². The van der Waals surface area contributed by atoms with Gasteiger partial charge in [0, 0.05) is 22.2 Å². The van der Waals surface area contributed by atoms with Crippen molar-refractivity contribution in [1.82, 2.24) is 15.1 Å². The van der Waals surface area contributed by atoms with Gasteiger partial charge >= 0.3 is 12.2 Å². The average molecular weight is 545 g/mol. The summed E-state index contributed by atoms with van der Waals surface area (Å²) in [4.78, 5) is 34.2. The normalized spacial score (nSPS) is 28.6. The molecule has 2 aromatic rings. The second-order valence-corrected chi connectivity index (χ2v) is 10.5. The van der Waals surface area contributed by atoms with E-state index in [-0.39, 0.29) is 12.4 Å². The number of halogens is 5. The van der Waals surface area contributed by atoms with Crippen LogP contribution in [0.4, 0.5) is 22.4 Å². The Balaban J connectivity index is 1.56. The molecule has 4 unspecified atom stereocenters. The maximum Gasteiger partial charge on any atom is 0.416 e. The Morgan fingerprint density at radius 2 is 1.74 bits per heavy atom. The number of hydrogen-bond donors (Lipinski definition) is 1. The molecular formula is C27H21ClF4N4O2. The Kier molecular flexibility index (Phi) is 5.30. The summed E-state index contributed by atoms with van der Waals surface area (Å²) in [5.74, 6) is -1.52. The highest BCUT2D eigenvalue weighted by Gasteiger charge is 2.61. The number of amidine groups is 1. The van der Waals surface area contributed by atoms with Gasteiger partial charge in [-0.05, 0) is 42.8 Å². The first-order valence-electron chi connectivity index (χ1n) is 11.9. The van der Waals surface area contributed by atoms with Crippen molar-refractivity contribution >= 4 is 29.4 Å². The summed E-state index contributed by atoms with van der Waals surface area (Å²) < 4.78 is 55.1. The second-order valence-electron chi connectivity index (χ2n) is 10.1. The van der Waals surface area contributed by atoms with Gasteiger partial charge in [0.1, 0.15) is 18.2 Å². The van der Waals surface area contributed by atoms with Crippen molar-refractivity contribution < 1.29 is 27.2 Å². The fraction of sp³-hybridized carbons (Fsp3) is 0.296. The van der Waals surface area contributed by atoms with E-state index in [4.69, 9.17) is 16.6 Å². The highest BCUT2D eigenvalue weighted by molar-refractivity contribution is 6.30. The maximum atomic E-state index is 15.4. The molecule has 6 nitrogen and oxygen atoms in total. The van der Waals surface area contributed by atoms with Crippen molar-refractivity contribution in [1.29, 1.82) is 0 Å². The Bertz CT molecular complexity index is 1470. The van der Waals surface area contributed by atoms with Crippen molar-refractivity contribution in [3.05, 3.63) is 93.5 Å². The number of allylic oxidation sites excluding steroid dienone is 1. The van der Waals surface area contributed by atoms with Gasteiger partial charge < -0.3 is 5.32 Å². The van der Waals surface area contributed by atoms with Gasteiger partial charge in [-0.1, -0.05) is 42.8 Å². The molecule has 0 spiro atoms. The van der Waals surface area contributed by atoms with E-state index < -0.39 is 52.9 Å². The zero-order valence-electron chi connectivity index (χ0n) is 20.2. The van der Waals surface area contributed by atoms with Crippen molar-refractivity contribution in [2.24, 2.45) is 16.3 Å². The minimum Gasteiger partial charge on any atom is -0.326 e. The number of fused-ring (bicyclic) bond motifs is 2. The van der Waals surface area contributed by atoms with Gasteiger partial charge in [0.2, 0.25) is 5.91 Å². The number of nitrogens with zero attached hydrogens (tertiary/aromatic N) is 3. The maximum absolute atomic E-state index is 15.4. The van der Waals surface area contributed by atoms with Crippen LogP contribution in [0, 0.1) is 11.3 Å². The molecule has 4 atom stereocenters. The Morgan fingerprint density at radius 3 is 2.37 bits per heavy atom. The smallest absolute Gasteiger partial charge is 0.326 e. The van der Waals surface area contributed by atoms with Gasteiger partial charge in [0.25, 0.3) is 0 Å². The molecule has 3 heterocycles. The van der Waals surface area contributed by atoms with Gasteiger partial charge in [-0.15, -0.1) is 0 Å². The van der Waals surface area contributed by atoms with E-state index >= 15 is 4.39 Å². The number of nitrogens with one attached hydrogen (secondary N) is 1. The first kappa shape index (κ1) is 24.7. The van der Waals surface area contributed by atoms with Crippen LogP contribution in [-0.4, -0.2) is 40.2 Å². The Hall–Kier alpha value is -3.66. The van der Waals surface area contributed by atoms with Crippen molar-refractivity contribution in [2.45, 2.75) is 32.1 Å². The van der Waals surface area contributed by atoms with E-state index in [0.29, 0.717) is 27.5 Å². The molecular weight excluding hydrogens is 524 g/mol. The second kappa shape index (κ2) is 8.17. The van der Waals surface area contributed by atoms with Crippen molar-refractivity contribution in [2.75, 3.05) is 6.54 Å². The van der Waals surface area contributed by atoms with Gasteiger partial charge in [0.15, 0.2) is 0 Å². The predicted molar refractivity (Wildman–Crippen MR) is 132 cm³/mol. The molecule has 11 heteroatoms. The monoisotopic (exact) mass is 544 g/mol. The molecule has 4 aliphatic rings. The first-order valence-corrected chi connectivity index (χ1v) is 12.3. The zero-order valence-corrected chi connectivity index (χ0v) is 20.9. The number of urea groups is 1. The van der Waals surface area contributed by atoms with Crippen LogP contribution in [0.15, 0.2) is 76.8 Å². The topological polar surface area (TPSA) is 65.0 Å². The van der Waals surface area contributed by atoms with Crippen LogP contribution in [0.1, 0.15) is 36.6 Å². The van der Waals surface area contributed by atoms with Gasteiger partial charge in [-0.3, -0.25) is 19.6 Å². The van der Waals surface area contributed by atoms with E-state index in [1.807, 2.05) is 0 Å². The number of carbonyl (C=O) groups is 2. The fourth-order valence-electron chi connectivity index (χ4n) is 5.93. The molecule has 0 radical (unpaired) electrons. The summed E-state index contributed by atoms with van der Waals surface area (Å²) in [5, 5.41) is 3.25. The molecule has 196 valence electrons. The lowest BCUT2D eigenvalue weighted by atomic mass is 9.67. The third kappa shape index (κ3) is 3.49. The van der Waals surface area contributed by atoms with E-state index in [2.05, 4.69) is 5.32 Å². The van der Waals surface area contributed by atoms with Crippen LogP contribution in [-0.2, 0) is 11.0 Å². The third-order valence-corrected chi connectivity index (χ3v) is 7.95. The zero-order chi connectivity index (χ0) is 27.1. The number of aliphatic imine (C=N–C) groups is 1. The van der Waals surface area contributed by atoms with Crippen LogP contribution in [0.5, 0.6) is 0 Å². The van der Waals surface area contributed by atoms with E-state index in [1.54, 1.807) is 38.1 Å². The fourth-order valence-corrected chi connectivity index (χ4v) is 6.06. The number of carbonyl (C=O) groups excluding carboxylic acids is 2. The van der Waals surface area contributed by atoms with E-state index in [0.717, 1.165) is 12.1 Å². The summed E-state index contributed by atoms with van der Waals surface area (Å²) in [6.07, 6.45) is -3.06. The highest BCUT2D eigenvalue weighted by Crippen LogP contribution is 2.56. The number of alkyl halides is 3. The quantitative estimate of drug-likeness (QED) is 0.484. The van der Waals surface area contributed by atoms with Crippen LogP contribution in [0.3, 0.4) is 0 Å². The molecule has 0 saturated carbocycles. The molecule has 2 aromatic carbocycles. The Morgan fingerprint density at radius 1 is 1.08 bits per heavy atom. The van der Waals surface area contributed by atoms with Gasteiger partial charge in [-0.25, -0.2) is 9.18 Å². The summed E-state index contributed by atoms with van der Waals surface area (Å²) in [7, 11) is 0. The number of benzene rings is 2. The van der Waals surface area contributed by atoms with Crippen molar-refractivity contribution in [3.63, 3.8) is 0 Å². The van der Waals surface area contributed by atoms with Crippen LogP contribution in [0.25, 0.3) is 0 Å². The third-order valence-electron chi connectivity index (χ3n) is 7.70. The average Bonchev–Trinajstić information content (AvgIpc) is 3.27. The van der Waals surface area contributed by atoms with Gasteiger partial charge in [-0.2, -0.15) is 13.2 Å². The lowest BCUT2D eigenvalue weighted by Gasteiger charge is -2.54. The molecule has 38 heavy (non-hydrogen) atoms. The van der Waals surface area contributed by atoms with Crippen LogP contribution >= 0.6 is 11.6 Å². The molecule has 1 fully saturated rings. The molecule has 3 amide bonds.